The van der Waals surface area contributed by atoms with Crippen molar-refractivity contribution in [3.63, 3.8) is 0 Å². The highest BCUT2D eigenvalue weighted by Gasteiger charge is 2.13. The highest BCUT2D eigenvalue weighted by atomic mass is 16.6. The lowest BCUT2D eigenvalue weighted by Crippen LogP contribution is -2.16. The lowest BCUT2D eigenvalue weighted by Gasteiger charge is -2.20. The van der Waals surface area contributed by atoms with Gasteiger partial charge in [-0.3, -0.25) is 0 Å². The quantitative estimate of drug-likeness (QED) is 0.412. The van der Waals surface area contributed by atoms with Crippen LogP contribution in [0.25, 0.3) is 0 Å². The van der Waals surface area contributed by atoms with E-state index < -0.39 is 0 Å². The first-order valence-corrected chi connectivity index (χ1v) is 8.82. The molecule has 2 rings (SSSR count). The van der Waals surface area contributed by atoms with Crippen LogP contribution in [-0.4, -0.2) is 19.4 Å². The summed E-state index contributed by atoms with van der Waals surface area (Å²) < 4.78 is 11.7. The van der Waals surface area contributed by atoms with Gasteiger partial charge >= 0.3 is 0 Å². The highest BCUT2D eigenvalue weighted by molar-refractivity contribution is 5.70. The zero-order chi connectivity index (χ0) is 18.7. The van der Waals surface area contributed by atoms with Crippen molar-refractivity contribution < 1.29 is 14.3 Å². The molecule has 0 N–H and O–H groups in total. The van der Waals surface area contributed by atoms with Gasteiger partial charge in [0.05, 0.1) is 19.4 Å². The molecular weight excluding hydrogens is 326 g/mol. The largest absolute Gasteiger partial charge is 0.457 e. The van der Waals surface area contributed by atoms with Crippen molar-refractivity contribution in [2.45, 2.75) is 27.4 Å². The molecule has 0 bridgehead atoms. The maximum absolute atomic E-state index is 5.89. The maximum Gasteiger partial charge on any atom is 0.127 e. The molecular formula is C22H27NO3. The van der Waals surface area contributed by atoms with Crippen molar-refractivity contribution >= 4 is 6.21 Å². The summed E-state index contributed by atoms with van der Waals surface area (Å²) in [6.07, 6.45) is 5.59. The van der Waals surface area contributed by atoms with Crippen LogP contribution >= 0.6 is 0 Å². The molecule has 2 aromatic carbocycles. The fraction of sp³-hybridized carbons (Fsp3) is 0.318. The number of nitrogens with zero attached hydrogens (tertiary/aromatic N) is 1. The van der Waals surface area contributed by atoms with E-state index in [0.29, 0.717) is 19.8 Å². The molecule has 0 atom stereocenters. The molecule has 0 heterocycles. The fourth-order valence-corrected chi connectivity index (χ4v) is 2.26. The summed E-state index contributed by atoms with van der Waals surface area (Å²) in [4.78, 5) is 4.92. The Hall–Kier alpha value is -2.59. The third-order valence-electron chi connectivity index (χ3n) is 3.52. The topological polar surface area (TPSA) is 40.0 Å². The molecule has 138 valence electrons. The summed E-state index contributed by atoms with van der Waals surface area (Å²) in [5, 5.41) is 3.80. The first-order chi connectivity index (χ1) is 12.6. The van der Waals surface area contributed by atoms with E-state index in [1.807, 2.05) is 67.6 Å². The summed E-state index contributed by atoms with van der Waals surface area (Å²) in [6.45, 7) is 7.86. The van der Waals surface area contributed by atoms with Crippen molar-refractivity contribution in [2.24, 2.45) is 10.6 Å². The van der Waals surface area contributed by atoms with E-state index in [1.54, 1.807) is 6.21 Å². The second kappa shape index (κ2) is 10.4. The molecule has 0 radical (unpaired) electrons. The van der Waals surface area contributed by atoms with Gasteiger partial charge in [0.25, 0.3) is 0 Å². The Balaban J connectivity index is 1.82. The smallest absolute Gasteiger partial charge is 0.127 e. The lowest BCUT2D eigenvalue weighted by molar-refractivity contribution is 0.0716. The Bertz CT molecular complexity index is 708. The Kier molecular flexibility index (Phi) is 7.90. The Morgan fingerprint density at radius 2 is 1.77 bits per heavy atom. The van der Waals surface area contributed by atoms with Crippen LogP contribution < -0.4 is 4.74 Å². The molecule has 2 aromatic rings. The van der Waals surface area contributed by atoms with Gasteiger partial charge in [-0.25, -0.2) is 0 Å². The van der Waals surface area contributed by atoms with Crippen LogP contribution in [0.4, 0.5) is 0 Å². The minimum Gasteiger partial charge on any atom is -0.457 e. The van der Waals surface area contributed by atoms with E-state index in [0.717, 1.165) is 17.1 Å². The van der Waals surface area contributed by atoms with E-state index in [4.69, 9.17) is 14.3 Å². The van der Waals surface area contributed by atoms with Gasteiger partial charge in [-0.15, -0.1) is 0 Å². The van der Waals surface area contributed by atoms with Crippen molar-refractivity contribution in [1.82, 2.24) is 0 Å². The summed E-state index contributed by atoms with van der Waals surface area (Å²) >= 11 is 0. The SMILES string of the molecule is CCON=CC=CC(C)(C)COCc1cccc(Oc2ccccc2)c1. The minimum absolute atomic E-state index is 0.0869. The first kappa shape index (κ1) is 19.7. The van der Waals surface area contributed by atoms with Crippen LogP contribution in [0.15, 0.2) is 71.9 Å². The average Bonchev–Trinajstić information content (AvgIpc) is 2.62. The molecule has 0 aliphatic carbocycles. The van der Waals surface area contributed by atoms with Crippen LogP contribution in [0.3, 0.4) is 0 Å². The molecule has 0 unspecified atom stereocenters. The number of para-hydroxylation sites is 1. The van der Waals surface area contributed by atoms with Crippen molar-refractivity contribution in [3.05, 3.63) is 72.3 Å². The van der Waals surface area contributed by atoms with Gasteiger partial charge in [0.15, 0.2) is 0 Å². The van der Waals surface area contributed by atoms with E-state index in [2.05, 4.69) is 25.1 Å². The molecule has 0 saturated heterocycles. The monoisotopic (exact) mass is 353 g/mol. The summed E-state index contributed by atoms with van der Waals surface area (Å²) in [6, 6.07) is 17.7. The van der Waals surface area contributed by atoms with Crippen LogP contribution in [0.2, 0.25) is 0 Å². The number of hydrogen-bond donors (Lipinski definition) is 0. The van der Waals surface area contributed by atoms with Crippen molar-refractivity contribution in [3.8, 4) is 11.5 Å². The lowest BCUT2D eigenvalue weighted by atomic mass is 9.94. The predicted octanol–water partition coefficient (Wildman–Crippen LogP) is 5.60. The van der Waals surface area contributed by atoms with Gasteiger partial charge in [0.1, 0.15) is 18.1 Å². The molecule has 0 aliphatic rings. The van der Waals surface area contributed by atoms with Crippen LogP contribution in [0.1, 0.15) is 26.3 Å². The van der Waals surface area contributed by atoms with Gasteiger partial charge in [0.2, 0.25) is 0 Å². The van der Waals surface area contributed by atoms with Gasteiger partial charge in [0, 0.05) is 5.41 Å². The van der Waals surface area contributed by atoms with E-state index in [-0.39, 0.29) is 5.41 Å². The van der Waals surface area contributed by atoms with Crippen LogP contribution in [0, 0.1) is 5.41 Å². The number of hydrogen-bond acceptors (Lipinski definition) is 4. The molecule has 4 heteroatoms. The second-order valence-corrected chi connectivity index (χ2v) is 6.58. The molecule has 0 aliphatic heterocycles. The minimum atomic E-state index is -0.0869. The first-order valence-electron chi connectivity index (χ1n) is 8.82. The Labute approximate surface area is 156 Å². The molecule has 0 aromatic heterocycles. The van der Waals surface area contributed by atoms with Crippen LogP contribution in [-0.2, 0) is 16.2 Å². The summed E-state index contributed by atoms with van der Waals surface area (Å²) in [5.41, 5.74) is 0.993. The van der Waals surface area contributed by atoms with Crippen molar-refractivity contribution in [1.29, 1.82) is 0 Å². The van der Waals surface area contributed by atoms with E-state index >= 15 is 0 Å². The zero-order valence-electron chi connectivity index (χ0n) is 15.7. The zero-order valence-corrected chi connectivity index (χ0v) is 15.7. The number of benzene rings is 2. The summed E-state index contributed by atoms with van der Waals surface area (Å²) in [7, 11) is 0. The van der Waals surface area contributed by atoms with E-state index in [9.17, 15) is 0 Å². The third kappa shape index (κ3) is 7.53. The van der Waals surface area contributed by atoms with Gasteiger partial charge in [-0.2, -0.15) is 0 Å². The second-order valence-electron chi connectivity index (χ2n) is 6.58. The molecule has 4 nitrogen and oxygen atoms in total. The maximum atomic E-state index is 5.89. The van der Waals surface area contributed by atoms with Gasteiger partial charge in [-0.1, -0.05) is 55.4 Å². The number of ether oxygens (including phenoxy) is 2. The standard InChI is InChI=1S/C22H27NO3/c1-4-25-23-15-9-14-22(2,3)18-24-17-19-10-8-13-21(16-19)26-20-11-6-5-7-12-20/h5-16H,4,17-18H2,1-3H3. The number of allylic oxidation sites excluding steroid dienone is 1. The molecule has 26 heavy (non-hydrogen) atoms. The normalized spacial score (nSPS) is 12.0. The average molecular weight is 353 g/mol. The van der Waals surface area contributed by atoms with E-state index in [1.165, 1.54) is 0 Å². The summed E-state index contributed by atoms with van der Waals surface area (Å²) in [5.74, 6) is 1.63. The predicted molar refractivity (Wildman–Crippen MR) is 106 cm³/mol. The van der Waals surface area contributed by atoms with Crippen LogP contribution in [0.5, 0.6) is 11.5 Å². The van der Waals surface area contributed by atoms with Crippen molar-refractivity contribution in [2.75, 3.05) is 13.2 Å². The molecule has 0 fully saturated rings. The number of oxime groups is 1. The molecule has 0 saturated carbocycles. The third-order valence-corrected chi connectivity index (χ3v) is 3.52. The Morgan fingerprint density at radius 1 is 1.00 bits per heavy atom. The fourth-order valence-electron chi connectivity index (χ4n) is 2.26. The highest BCUT2D eigenvalue weighted by Crippen LogP contribution is 2.23. The number of rotatable bonds is 10. The van der Waals surface area contributed by atoms with Gasteiger partial charge < -0.3 is 14.3 Å². The van der Waals surface area contributed by atoms with Gasteiger partial charge in [-0.05, 0) is 42.8 Å². The molecule has 0 amide bonds. The Morgan fingerprint density at radius 3 is 2.54 bits per heavy atom. The molecule has 0 spiro atoms.